The molecule has 1 aliphatic carbocycles. The molecule has 4 rings (SSSR count). The van der Waals surface area contributed by atoms with E-state index in [1.807, 2.05) is 0 Å². The van der Waals surface area contributed by atoms with Gasteiger partial charge in [-0.05, 0) is 37.8 Å². The van der Waals surface area contributed by atoms with Gasteiger partial charge < -0.3 is 29.4 Å². The number of nitrogens with one attached hydrogen (secondary N) is 1. The smallest absolute Gasteiger partial charge is 0.263 e. The first kappa shape index (κ1) is 31.4. The molecule has 1 aromatic carbocycles. The molecule has 0 saturated carbocycles. The third kappa shape index (κ3) is 6.12. The van der Waals surface area contributed by atoms with E-state index in [1.165, 1.54) is 9.13 Å². The van der Waals surface area contributed by atoms with Crippen LogP contribution in [0.3, 0.4) is 0 Å². The van der Waals surface area contributed by atoms with Crippen molar-refractivity contribution in [2.75, 3.05) is 73.3 Å². The van der Waals surface area contributed by atoms with Crippen molar-refractivity contribution in [1.82, 2.24) is 9.13 Å². The van der Waals surface area contributed by atoms with Gasteiger partial charge in [0.2, 0.25) is 5.88 Å². The summed E-state index contributed by atoms with van der Waals surface area (Å²) >= 11 is 0. The van der Waals surface area contributed by atoms with Crippen molar-refractivity contribution in [2.24, 2.45) is 4.99 Å². The lowest BCUT2D eigenvalue weighted by molar-refractivity contribution is 0.189. The maximum atomic E-state index is 14.0. The van der Waals surface area contributed by atoms with Crippen LogP contribution in [0.4, 0.5) is 5.69 Å². The van der Waals surface area contributed by atoms with Gasteiger partial charge in [-0.1, -0.05) is 0 Å². The molecule has 0 atom stereocenters. The van der Waals surface area contributed by atoms with Gasteiger partial charge in [0.05, 0.1) is 21.7 Å². The summed E-state index contributed by atoms with van der Waals surface area (Å²) in [6.07, 6.45) is 2.25. The Labute approximate surface area is 243 Å². The average molecular weight is 585 g/mol. The van der Waals surface area contributed by atoms with Crippen LogP contribution in [0.15, 0.2) is 31.5 Å². The molecule has 228 valence electrons. The predicted molar refractivity (Wildman–Crippen MR) is 162 cm³/mol. The molecule has 0 fully saturated rings. The van der Waals surface area contributed by atoms with Gasteiger partial charge in [-0.25, -0.2) is 0 Å². The highest BCUT2D eigenvalue weighted by atomic mass is 16.5. The molecule has 12 heteroatoms. The standard InChI is InChI=1S/C30H40N4O8/c1-39-13-5-9-31-21-17-19-24-23-20(28(36)33(11-7-15-41-3)29(37)25(21)23)18-22(32-10-6-14-40-2)26(24)30(38)34(27(19)35)12-8-16-42-4/h17-18,31,35H,5-16H2,1-4H3. The number of ether oxygens (including phenoxy) is 4. The zero-order chi connectivity index (χ0) is 30.2. The van der Waals surface area contributed by atoms with Gasteiger partial charge in [0.1, 0.15) is 0 Å². The van der Waals surface area contributed by atoms with Crippen molar-refractivity contribution in [3.05, 3.63) is 48.6 Å². The first-order chi connectivity index (χ1) is 20.4. The summed E-state index contributed by atoms with van der Waals surface area (Å²) in [5, 5.41) is 16.4. The Morgan fingerprint density at radius 2 is 1.33 bits per heavy atom. The Balaban J connectivity index is 2.13. The van der Waals surface area contributed by atoms with Crippen molar-refractivity contribution in [3.8, 4) is 17.0 Å². The minimum Gasteiger partial charge on any atom is -0.494 e. The highest BCUT2D eigenvalue weighted by molar-refractivity contribution is 6.18. The van der Waals surface area contributed by atoms with Crippen molar-refractivity contribution in [3.63, 3.8) is 0 Å². The summed E-state index contributed by atoms with van der Waals surface area (Å²) in [5.74, 6) is -0.236. The van der Waals surface area contributed by atoms with E-state index in [4.69, 9.17) is 23.9 Å². The molecule has 12 nitrogen and oxygen atoms in total. The third-order valence-corrected chi connectivity index (χ3v) is 7.36. The van der Waals surface area contributed by atoms with Gasteiger partial charge in [0.15, 0.2) is 0 Å². The number of anilines is 1. The second kappa shape index (κ2) is 14.5. The lowest BCUT2D eigenvalue weighted by Crippen LogP contribution is -2.37. The maximum absolute atomic E-state index is 14.0. The van der Waals surface area contributed by atoms with Crippen molar-refractivity contribution < 1.29 is 24.1 Å². The van der Waals surface area contributed by atoms with E-state index in [0.29, 0.717) is 98.0 Å². The third-order valence-electron chi connectivity index (χ3n) is 7.36. The fourth-order valence-electron chi connectivity index (χ4n) is 5.41. The van der Waals surface area contributed by atoms with Crippen LogP contribution in [0.2, 0.25) is 0 Å². The van der Waals surface area contributed by atoms with Crippen LogP contribution >= 0.6 is 0 Å². The number of aromatic nitrogens is 2. The molecule has 2 aliphatic rings. The molecule has 0 unspecified atom stereocenters. The molecule has 0 spiro atoms. The Bertz CT molecular complexity index is 1700. The number of hydrogen-bond donors (Lipinski definition) is 2. The Hall–Kier alpha value is -3.58. The number of benzene rings is 2. The van der Waals surface area contributed by atoms with E-state index in [0.717, 1.165) is 0 Å². The Morgan fingerprint density at radius 3 is 2.00 bits per heavy atom. The minimum absolute atomic E-state index is 0.170. The molecule has 2 heterocycles. The zero-order valence-electron chi connectivity index (χ0n) is 24.8. The summed E-state index contributed by atoms with van der Waals surface area (Å²) in [4.78, 5) is 46.5. The molecule has 0 bridgehead atoms. The van der Waals surface area contributed by atoms with Crippen LogP contribution in [0.25, 0.3) is 32.7 Å². The predicted octanol–water partition coefficient (Wildman–Crippen LogP) is 1.82. The quantitative estimate of drug-likeness (QED) is 0.140. The van der Waals surface area contributed by atoms with E-state index in [9.17, 15) is 19.5 Å². The number of nitrogens with zero attached hydrogens (tertiary/aromatic N) is 3. The van der Waals surface area contributed by atoms with E-state index >= 15 is 0 Å². The summed E-state index contributed by atoms with van der Waals surface area (Å²) in [7, 11) is 6.36. The number of aromatic hydroxyl groups is 1. The number of pyridine rings is 2. The summed E-state index contributed by atoms with van der Waals surface area (Å²) in [6, 6.07) is 3.30. The first-order valence-corrected chi connectivity index (χ1v) is 14.2. The van der Waals surface area contributed by atoms with Crippen LogP contribution in [-0.4, -0.2) is 82.2 Å². The average Bonchev–Trinajstić information content (AvgIpc) is 2.98. The number of methoxy groups -OCH3 is 4. The fourth-order valence-corrected chi connectivity index (χ4v) is 5.41. The molecule has 0 radical (unpaired) electrons. The molecule has 0 amide bonds. The SMILES string of the molecule is COCCCN=c1cc2c(=O)n(CCCOC)c(=O)c3c(NCCCOC)cc4c(O)n(CCCOC)c(=O)c1c4c3-2. The van der Waals surface area contributed by atoms with Gasteiger partial charge in [-0.15, -0.1) is 0 Å². The normalized spacial score (nSPS) is 12.4. The van der Waals surface area contributed by atoms with Crippen LogP contribution < -0.4 is 27.4 Å². The lowest BCUT2D eigenvalue weighted by Gasteiger charge is -2.22. The molecule has 1 aromatic heterocycles. The van der Waals surface area contributed by atoms with Gasteiger partial charge in [0.25, 0.3) is 16.7 Å². The van der Waals surface area contributed by atoms with E-state index in [-0.39, 0.29) is 29.9 Å². The Kier molecular flexibility index (Phi) is 10.9. The molecule has 2 aromatic rings. The van der Waals surface area contributed by atoms with Crippen molar-refractivity contribution >= 4 is 27.2 Å². The molecule has 0 saturated heterocycles. The van der Waals surface area contributed by atoms with Crippen molar-refractivity contribution in [1.29, 1.82) is 0 Å². The highest BCUT2D eigenvalue weighted by Gasteiger charge is 2.28. The highest BCUT2D eigenvalue weighted by Crippen LogP contribution is 2.40. The first-order valence-electron chi connectivity index (χ1n) is 14.2. The number of hydrogen-bond acceptors (Lipinski definition) is 10. The van der Waals surface area contributed by atoms with Crippen LogP contribution in [0.1, 0.15) is 25.7 Å². The zero-order valence-corrected chi connectivity index (χ0v) is 24.8. The van der Waals surface area contributed by atoms with Crippen LogP contribution in [0, 0.1) is 0 Å². The summed E-state index contributed by atoms with van der Waals surface area (Å²) in [6.45, 7) is 3.03. The number of rotatable bonds is 17. The molecule has 42 heavy (non-hydrogen) atoms. The topological polar surface area (TPSA) is 143 Å². The second-order valence-corrected chi connectivity index (χ2v) is 10.2. The monoisotopic (exact) mass is 584 g/mol. The molecule has 2 N–H and O–H groups in total. The minimum atomic E-state index is -0.472. The van der Waals surface area contributed by atoms with Crippen LogP contribution in [0.5, 0.6) is 5.88 Å². The molecular weight excluding hydrogens is 544 g/mol. The largest absolute Gasteiger partial charge is 0.494 e. The second-order valence-electron chi connectivity index (χ2n) is 10.2. The van der Waals surface area contributed by atoms with Gasteiger partial charge in [0, 0.05) is 103 Å². The van der Waals surface area contributed by atoms with E-state index in [2.05, 4.69) is 5.32 Å². The fraction of sp³-hybridized carbons (Fsp3) is 0.533. The van der Waals surface area contributed by atoms with E-state index < -0.39 is 16.7 Å². The summed E-state index contributed by atoms with van der Waals surface area (Å²) < 4.78 is 23.2. The van der Waals surface area contributed by atoms with Gasteiger partial charge in [-0.3, -0.25) is 28.5 Å². The maximum Gasteiger partial charge on any atom is 0.263 e. The van der Waals surface area contributed by atoms with Crippen molar-refractivity contribution in [2.45, 2.75) is 38.8 Å². The lowest BCUT2D eigenvalue weighted by atomic mass is 9.89. The van der Waals surface area contributed by atoms with E-state index in [1.54, 1.807) is 40.6 Å². The van der Waals surface area contributed by atoms with Crippen LogP contribution in [-0.2, 0) is 32.0 Å². The van der Waals surface area contributed by atoms with Gasteiger partial charge in [-0.2, -0.15) is 0 Å². The van der Waals surface area contributed by atoms with Gasteiger partial charge >= 0.3 is 0 Å². The molecular formula is C30H40N4O8. The Morgan fingerprint density at radius 1 is 0.738 bits per heavy atom. The molecule has 1 aliphatic heterocycles. The summed E-state index contributed by atoms with van der Waals surface area (Å²) in [5.41, 5.74) is -0.293.